The summed E-state index contributed by atoms with van der Waals surface area (Å²) in [6, 6.07) is 0. The number of nitrogens with zero attached hydrogens (tertiary/aromatic N) is 2. The summed E-state index contributed by atoms with van der Waals surface area (Å²) in [5.41, 5.74) is 1.60. The van der Waals surface area contributed by atoms with E-state index in [1.807, 2.05) is 12.4 Å². The van der Waals surface area contributed by atoms with E-state index < -0.39 is 0 Å². The third kappa shape index (κ3) is 2.59. The molecule has 1 aliphatic carbocycles. The lowest BCUT2D eigenvalue weighted by molar-refractivity contribution is 0.606. The molecule has 1 heterocycles. The van der Waals surface area contributed by atoms with Crippen molar-refractivity contribution in [1.82, 2.24) is 15.3 Å². The molecule has 3 nitrogen and oxygen atoms in total. The Labute approximate surface area is 97.7 Å². The third-order valence-electron chi connectivity index (χ3n) is 3.31. The maximum atomic E-state index is 4.46. The molecular weight excluding hydrogens is 198 g/mol. The first-order valence-electron chi connectivity index (χ1n) is 6.15. The quantitative estimate of drug-likeness (QED) is 0.773. The van der Waals surface area contributed by atoms with Crippen LogP contribution in [0.25, 0.3) is 0 Å². The van der Waals surface area contributed by atoms with Crippen molar-refractivity contribution < 1.29 is 0 Å². The largest absolute Gasteiger partial charge is 0.313 e. The zero-order valence-corrected chi connectivity index (χ0v) is 10.5. The van der Waals surface area contributed by atoms with Gasteiger partial charge >= 0.3 is 0 Å². The Morgan fingerprint density at radius 1 is 1.38 bits per heavy atom. The van der Waals surface area contributed by atoms with E-state index in [9.17, 15) is 0 Å². The zero-order chi connectivity index (χ0) is 11.6. The Hall–Kier alpha value is -0.960. The van der Waals surface area contributed by atoms with Crippen LogP contribution in [0.5, 0.6) is 0 Å². The maximum absolute atomic E-state index is 4.46. The van der Waals surface area contributed by atoms with Crippen LogP contribution in [0.2, 0.25) is 0 Å². The van der Waals surface area contributed by atoms with Crippen LogP contribution in [-0.4, -0.2) is 16.5 Å². The second-order valence-corrected chi connectivity index (χ2v) is 5.37. The van der Waals surface area contributed by atoms with Crippen molar-refractivity contribution in [2.45, 2.75) is 46.1 Å². The van der Waals surface area contributed by atoms with Crippen LogP contribution in [0.1, 0.15) is 50.9 Å². The molecule has 1 N–H and O–H groups in total. The Morgan fingerprint density at radius 2 is 2.00 bits per heavy atom. The molecule has 0 radical (unpaired) electrons. The Kier molecular flexibility index (Phi) is 3.24. The summed E-state index contributed by atoms with van der Waals surface area (Å²) in [6.07, 6.45) is 6.30. The third-order valence-corrected chi connectivity index (χ3v) is 3.31. The van der Waals surface area contributed by atoms with Crippen molar-refractivity contribution in [3.05, 3.63) is 23.8 Å². The minimum Gasteiger partial charge on any atom is -0.313 e. The monoisotopic (exact) mass is 219 g/mol. The molecule has 1 aromatic rings. The molecule has 0 amide bonds. The van der Waals surface area contributed by atoms with Gasteiger partial charge in [0.05, 0.1) is 0 Å². The van der Waals surface area contributed by atoms with Gasteiger partial charge in [-0.15, -0.1) is 0 Å². The Balaban J connectivity index is 1.90. The normalized spacial score (nSPS) is 22.1. The van der Waals surface area contributed by atoms with Gasteiger partial charge in [-0.25, -0.2) is 9.97 Å². The molecule has 0 saturated heterocycles. The first kappa shape index (κ1) is 11.5. The van der Waals surface area contributed by atoms with E-state index >= 15 is 0 Å². The molecule has 2 rings (SSSR count). The summed E-state index contributed by atoms with van der Waals surface area (Å²) in [4.78, 5) is 8.93. The highest BCUT2D eigenvalue weighted by molar-refractivity contribution is 5.17. The Bertz CT molecular complexity index is 343. The molecule has 1 aromatic heterocycles. The van der Waals surface area contributed by atoms with Crippen LogP contribution >= 0.6 is 0 Å². The van der Waals surface area contributed by atoms with E-state index in [0.29, 0.717) is 11.3 Å². The highest BCUT2D eigenvalue weighted by Crippen LogP contribution is 2.57. The Morgan fingerprint density at radius 3 is 2.50 bits per heavy atom. The fraction of sp³-hybridized carbons (Fsp3) is 0.692. The number of hydrogen-bond donors (Lipinski definition) is 1. The summed E-state index contributed by atoms with van der Waals surface area (Å²) in [5, 5.41) is 3.35. The average molecular weight is 219 g/mol. The van der Waals surface area contributed by atoms with Crippen LogP contribution in [0.4, 0.5) is 0 Å². The molecule has 1 aliphatic rings. The summed E-state index contributed by atoms with van der Waals surface area (Å²) < 4.78 is 0. The standard InChI is InChI=1S/C13H21N3/c1-4-5-14-7-10-8-15-12(16-9-10)11-6-13(11,2)3/h8-9,11,14H,4-7H2,1-3H3. The molecule has 16 heavy (non-hydrogen) atoms. The molecule has 1 unspecified atom stereocenters. The smallest absolute Gasteiger partial charge is 0.131 e. The minimum atomic E-state index is 0.419. The fourth-order valence-electron chi connectivity index (χ4n) is 1.95. The van der Waals surface area contributed by atoms with Crippen molar-refractivity contribution in [2.24, 2.45) is 5.41 Å². The molecule has 0 aliphatic heterocycles. The molecule has 0 spiro atoms. The van der Waals surface area contributed by atoms with E-state index in [0.717, 1.165) is 25.3 Å². The molecule has 0 aromatic carbocycles. The summed E-state index contributed by atoms with van der Waals surface area (Å²) in [5.74, 6) is 1.59. The molecule has 3 heteroatoms. The first-order chi connectivity index (χ1) is 7.63. The van der Waals surface area contributed by atoms with Crippen molar-refractivity contribution in [3.8, 4) is 0 Å². The van der Waals surface area contributed by atoms with Gasteiger partial charge < -0.3 is 5.32 Å². The lowest BCUT2D eigenvalue weighted by Gasteiger charge is -2.05. The zero-order valence-electron chi connectivity index (χ0n) is 10.5. The topological polar surface area (TPSA) is 37.8 Å². The second-order valence-electron chi connectivity index (χ2n) is 5.37. The van der Waals surface area contributed by atoms with Crippen molar-refractivity contribution in [3.63, 3.8) is 0 Å². The second kappa shape index (κ2) is 4.50. The highest BCUT2D eigenvalue weighted by atomic mass is 14.9. The van der Waals surface area contributed by atoms with E-state index in [2.05, 4.69) is 36.1 Å². The maximum Gasteiger partial charge on any atom is 0.131 e. The van der Waals surface area contributed by atoms with Crippen molar-refractivity contribution in [2.75, 3.05) is 6.54 Å². The first-order valence-corrected chi connectivity index (χ1v) is 6.15. The minimum absolute atomic E-state index is 0.419. The summed E-state index contributed by atoms with van der Waals surface area (Å²) in [6.45, 7) is 8.65. The highest BCUT2D eigenvalue weighted by Gasteiger charge is 2.48. The fourth-order valence-corrected chi connectivity index (χ4v) is 1.95. The predicted octanol–water partition coefficient (Wildman–Crippen LogP) is 2.49. The van der Waals surface area contributed by atoms with E-state index in [1.54, 1.807) is 0 Å². The van der Waals surface area contributed by atoms with Gasteiger partial charge in [0.1, 0.15) is 5.82 Å². The van der Waals surface area contributed by atoms with Crippen LogP contribution in [-0.2, 0) is 6.54 Å². The van der Waals surface area contributed by atoms with Gasteiger partial charge in [0.15, 0.2) is 0 Å². The van der Waals surface area contributed by atoms with Crippen molar-refractivity contribution >= 4 is 0 Å². The van der Waals surface area contributed by atoms with Crippen molar-refractivity contribution in [1.29, 1.82) is 0 Å². The van der Waals surface area contributed by atoms with E-state index in [1.165, 1.54) is 12.0 Å². The molecule has 0 bridgehead atoms. The summed E-state index contributed by atoms with van der Waals surface area (Å²) in [7, 11) is 0. The van der Waals surface area contributed by atoms with E-state index in [4.69, 9.17) is 0 Å². The van der Waals surface area contributed by atoms with Crippen LogP contribution in [0.3, 0.4) is 0 Å². The van der Waals surface area contributed by atoms with Gasteiger partial charge in [0, 0.05) is 30.4 Å². The van der Waals surface area contributed by atoms with Crippen LogP contribution in [0.15, 0.2) is 12.4 Å². The number of nitrogens with one attached hydrogen (secondary N) is 1. The number of aromatic nitrogens is 2. The summed E-state index contributed by atoms with van der Waals surface area (Å²) >= 11 is 0. The van der Waals surface area contributed by atoms with Gasteiger partial charge in [-0.3, -0.25) is 0 Å². The van der Waals surface area contributed by atoms with Gasteiger partial charge in [-0.1, -0.05) is 20.8 Å². The van der Waals surface area contributed by atoms with Crippen LogP contribution < -0.4 is 5.32 Å². The molecule has 1 atom stereocenters. The lowest BCUT2D eigenvalue weighted by Crippen LogP contribution is -2.14. The van der Waals surface area contributed by atoms with Crippen LogP contribution in [0, 0.1) is 5.41 Å². The molecular formula is C13H21N3. The lowest BCUT2D eigenvalue weighted by atomic mass is 10.1. The SMILES string of the molecule is CCCNCc1cnc(C2CC2(C)C)nc1. The predicted molar refractivity (Wildman–Crippen MR) is 65.2 cm³/mol. The average Bonchev–Trinajstić information content (AvgIpc) is 2.89. The number of rotatable bonds is 5. The van der Waals surface area contributed by atoms with Gasteiger partial charge in [0.25, 0.3) is 0 Å². The van der Waals surface area contributed by atoms with Gasteiger partial charge in [0.2, 0.25) is 0 Å². The molecule has 1 saturated carbocycles. The van der Waals surface area contributed by atoms with Gasteiger partial charge in [-0.2, -0.15) is 0 Å². The van der Waals surface area contributed by atoms with Gasteiger partial charge in [-0.05, 0) is 24.8 Å². The van der Waals surface area contributed by atoms with E-state index in [-0.39, 0.29) is 0 Å². The molecule has 88 valence electrons. The molecule has 1 fully saturated rings. The number of hydrogen-bond acceptors (Lipinski definition) is 3.